The number of carboxylic acids is 1. The van der Waals surface area contributed by atoms with Gasteiger partial charge in [0.15, 0.2) is 0 Å². The molecule has 1 saturated heterocycles. The van der Waals surface area contributed by atoms with E-state index in [2.05, 4.69) is 18.7 Å². The van der Waals surface area contributed by atoms with Crippen LogP contribution in [0.4, 0.5) is 0 Å². The largest absolute Gasteiger partial charge is 0.481 e. The van der Waals surface area contributed by atoms with Crippen LogP contribution in [0.25, 0.3) is 0 Å². The molecule has 0 aromatic heterocycles. The van der Waals surface area contributed by atoms with Gasteiger partial charge in [0.2, 0.25) is 0 Å². The third-order valence-corrected chi connectivity index (χ3v) is 2.81. The molecule has 0 aromatic rings. The van der Waals surface area contributed by atoms with E-state index in [-0.39, 0.29) is 0 Å². The van der Waals surface area contributed by atoms with Gasteiger partial charge >= 0.3 is 5.97 Å². The number of likely N-dealkylation sites (tertiary alicyclic amines) is 1. The number of hydrogen-bond acceptors (Lipinski definition) is 2. The maximum atomic E-state index is 10.4. The summed E-state index contributed by atoms with van der Waals surface area (Å²) >= 11 is 0. The van der Waals surface area contributed by atoms with Crippen LogP contribution in [0.15, 0.2) is 0 Å². The van der Waals surface area contributed by atoms with Gasteiger partial charge in [-0.3, -0.25) is 4.79 Å². The molecule has 2 unspecified atom stereocenters. The van der Waals surface area contributed by atoms with Crippen molar-refractivity contribution in [1.82, 2.24) is 4.90 Å². The van der Waals surface area contributed by atoms with Crippen molar-refractivity contribution in [2.24, 2.45) is 11.8 Å². The van der Waals surface area contributed by atoms with Gasteiger partial charge in [0.05, 0.1) is 0 Å². The van der Waals surface area contributed by atoms with Gasteiger partial charge in [-0.2, -0.15) is 0 Å². The zero-order chi connectivity index (χ0) is 10.6. The van der Waals surface area contributed by atoms with Crippen molar-refractivity contribution in [1.29, 1.82) is 0 Å². The maximum Gasteiger partial charge on any atom is 0.303 e. The van der Waals surface area contributed by atoms with Crippen molar-refractivity contribution in [3.8, 4) is 0 Å². The lowest BCUT2D eigenvalue weighted by Crippen LogP contribution is -2.39. The Morgan fingerprint density at radius 1 is 1.36 bits per heavy atom. The van der Waals surface area contributed by atoms with Crippen LogP contribution >= 0.6 is 0 Å². The second kappa shape index (κ2) is 5.35. The van der Waals surface area contributed by atoms with Crippen LogP contribution in [0, 0.1) is 11.8 Å². The van der Waals surface area contributed by atoms with Gasteiger partial charge in [0, 0.05) is 19.5 Å². The van der Waals surface area contributed by atoms with Crippen LogP contribution in [-0.4, -0.2) is 35.6 Å². The molecule has 0 amide bonds. The Labute approximate surface area is 86.1 Å². The summed E-state index contributed by atoms with van der Waals surface area (Å²) in [6.45, 7) is 7.79. The van der Waals surface area contributed by atoms with E-state index >= 15 is 0 Å². The topological polar surface area (TPSA) is 40.5 Å². The smallest absolute Gasteiger partial charge is 0.303 e. The van der Waals surface area contributed by atoms with Gasteiger partial charge in [-0.1, -0.05) is 13.8 Å². The number of aliphatic carboxylic acids is 1. The molecule has 1 aliphatic heterocycles. The number of nitrogens with zero attached hydrogens (tertiary/aromatic N) is 1. The highest BCUT2D eigenvalue weighted by Gasteiger charge is 2.21. The molecule has 1 N–H and O–H groups in total. The van der Waals surface area contributed by atoms with Crippen molar-refractivity contribution < 1.29 is 9.90 Å². The summed E-state index contributed by atoms with van der Waals surface area (Å²) in [4.78, 5) is 12.8. The van der Waals surface area contributed by atoms with E-state index in [1.165, 1.54) is 6.42 Å². The van der Waals surface area contributed by atoms with Crippen LogP contribution < -0.4 is 0 Å². The third kappa shape index (κ3) is 4.09. The molecule has 0 spiro atoms. The van der Waals surface area contributed by atoms with Crippen LogP contribution in [-0.2, 0) is 4.79 Å². The summed E-state index contributed by atoms with van der Waals surface area (Å²) in [7, 11) is 0. The van der Waals surface area contributed by atoms with Crippen molar-refractivity contribution >= 4 is 5.97 Å². The average molecular weight is 199 g/mol. The molecule has 0 radical (unpaired) electrons. The minimum absolute atomic E-state index is 0.305. The quantitative estimate of drug-likeness (QED) is 0.751. The lowest BCUT2D eigenvalue weighted by molar-refractivity contribution is -0.137. The van der Waals surface area contributed by atoms with Crippen LogP contribution in [0.2, 0.25) is 0 Å². The van der Waals surface area contributed by atoms with Crippen molar-refractivity contribution in [3.63, 3.8) is 0 Å². The molecular formula is C11H21NO2. The standard InChI is InChI=1S/C11H21NO2/c1-9-6-10(2)8-12(7-9)5-3-4-11(13)14/h9-10H,3-8H2,1-2H3,(H,13,14). The van der Waals surface area contributed by atoms with E-state index in [9.17, 15) is 4.79 Å². The number of carbonyl (C=O) groups is 1. The van der Waals surface area contributed by atoms with E-state index in [0.29, 0.717) is 6.42 Å². The predicted octanol–water partition coefficient (Wildman–Crippen LogP) is 1.83. The Balaban J connectivity index is 2.20. The first-order valence-electron chi connectivity index (χ1n) is 5.52. The summed E-state index contributed by atoms with van der Waals surface area (Å²) in [5, 5.41) is 8.53. The molecule has 1 heterocycles. The normalized spacial score (nSPS) is 29.0. The summed E-state index contributed by atoms with van der Waals surface area (Å²) < 4.78 is 0. The van der Waals surface area contributed by atoms with Crippen molar-refractivity contribution in [2.75, 3.05) is 19.6 Å². The SMILES string of the molecule is CC1CC(C)CN(CCCC(=O)O)C1. The summed E-state index contributed by atoms with van der Waals surface area (Å²) in [6, 6.07) is 0. The van der Waals surface area contributed by atoms with Gasteiger partial charge in [-0.25, -0.2) is 0 Å². The predicted molar refractivity (Wildman–Crippen MR) is 56.3 cm³/mol. The highest BCUT2D eigenvalue weighted by molar-refractivity contribution is 5.66. The fraction of sp³-hybridized carbons (Fsp3) is 0.909. The fourth-order valence-corrected chi connectivity index (χ4v) is 2.43. The Morgan fingerprint density at radius 2 is 1.93 bits per heavy atom. The Kier molecular flexibility index (Phi) is 4.39. The Hall–Kier alpha value is -0.570. The molecule has 1 rings (SSSR count). The number of hydrogen-bond donors (Lipinski definition) is 1. The first-order valence-corrected chi connectivity index (χ1v) is 5.52. The summed E-state index contributed by atoms with van der Waals surface area (Å²) in [6.07, 6.45) is 2.41. The molecule has 82 valence electrons. The van der Waals surface area contributed by atoms with Gasteiger partial charge in [0.25, 0.3) is 0 Å². The molecule has 0 aliphatic carbocycles. The van der Waals surface area contributed by atoms with Crippen LogP contribution in [0.5, 0.6) is 0 Å². The third-order valence-electron chi connectivity index (χ3n) is 2.81. The minimum atomic E-state index is -0.678. The minimum Gasteiger partial charge on any atom is -0.481 e. The number of piperidine rings is 1. The molecule has 0 aromatic carbocycles. The Morgan fingerprint density at radius 3 is 2.43 bits per heavy atom. The molecule has 14 heavy (non-hydrogen) atoms. The molecule has 2 atom stereocenters. The first kappa shape index (κ1) is 11.5. The molecule has 0 saturated carbocycles. The number of carboxylic acid groups (broad SMARTS) is 1. The molecule has 3 nitrogen and oxygen atoms in total. The van der Waals surface area contributed by atoms with E-state index < -0.39 is 5.97 Å². The lowest BCUT2D eigenvalue weighted by atomic mass is 9.92. The van der Waals surface area contributed by atoms with Crippen molar-refractivity contribution in [3.05, 3.63) is 0 Å². The Bertz CT molecular complexity index is 184. The highest BCUT2D eigenvalue weighted by atomic mass is 16.4. The second-order valence-electron chi connectivity index (χ2n) is 4.70. The number of rotatable bonds is 4. The van der Waals surface area contributed by atoms with E-state index in [4.69, 9.17) is 5.11 Å². The molecule has 1 fully saturated rings. The van der Waals surface area contributed by atoms with Gasteiger partial charge in [0.1, 0.15) is 0 Å². The summed E-state index contributed by atoms with van der Waals surface area (Å²) in [5.74, 6) is 0.857. The zero-order valence-corrected chi connectivity index (χ0v) is 9.20. The van der Waals surface area contributed by atoms with E-state index in [1.54, 1.807) is 0 Å². The van der Waals surface area contributed by atoms with Crippen molar-refractivity contribution in [2.45, 2.75) is 33.1 Å². The maximum absolute atomic E-state index is 10.4. The average Bonchev–Trinajstić information content (AvgIpc) is 2.01. The second-order valence-corrected chi connectivity index (χ2v) is 4.70. The first-order chi connectivity index (χ1) is 6.58. The molecular weight excluding hydrogens is 178 g/mol. The van der Waals surface area contributed by atoms with Crippen LogP contribution in [0.1, 0.15) is 33.1 Å². The monoisotopic (exact) mass is 199 g/mol. The molecule has 3 heteroatoms. The van der Waals surface area contributed by atoms with Gasteiger partial charge < -0.3 is 10.0 Å². The van der Waals surface area contributed by atoms with E-state index in [0.717, 1.165) is 37.9 Å². The van der Waals surface area contributed by atoms with Gasteiger partial charge in [-0.15, -0.1) is 0 Å². The fourth-order valence-electron chi connectivity index (χ4n) is 2.43. The summed E-state index contributed by atoms with van der Waals surface area (Å²) in [5.41, 5.74) is 0. The van der Waals surface area contributed by atoms with E-state index in [1.807, 2.05) is 0 Å². The molecule has 0 bridgehead atoms. The molecule has 1 aliphatic rings. The van der Waals surface area contributed by atoms with Gasteiger partial charge in [-0.05, 0) is 31.2 Å². The van der Waals surface area contributed by atoms with Crippen LogP contribution in [0.3, 0.4) is 0 Å². The zero-order valence-electron chi connectivity index (χ0n) is 9.20. The highest BCUT2D eigenvalue weighted by Crippen LogP contribution is 2.20. The lowest BCUT2D eigenvalue weighted by Gasteiger charge is -2.34.